The Balaban J connectivity index is 1.38. The highest BCUT2D eigenvalue weighted by atomic mass is 32.2. The Morgan fingerprint density at radius 1 is 0.968 bits per heavy atom. The zero-order valence-electron chi connectivity index (χ0n) is 17.3. The van der Waals surface area contributed by atoms with Crippen molar-refractivity contribution in [3.8, 4) is 0 Å². The van der Waals surface area contributed by atoms with Crippen molar-refractivity contribution in [3.05, 3.63) is 95.1 Å². The quantitative estimate of drug-likeness (QED) is 0.554. The molecule has 0 spiro atoms. The SMILES string of the molecule is CC(NC(=O)Nc1ccc(S(=O)(=O)Cc2ccc3c(c2)C[NH2+]C3)cc1)c1ccccc1. The van der Waals surface area contributed by atoms with Gasteiger partial charge in [-0.25, -0.2) is 13.2 Å². The number of amides is 2. The van der Waals surface area contributed by atoms with Gasteiger partial charge in [0.1, 0.15) is 13.1 Å². The minimum absolute atomic E-state index is 0.0396. The van der Waals surface area contributed by atoms with Crippen LogP contribution >= 0.6 is 0 Å². The maximum absolute atomic E-state index is 12.8. The molecule has 7 heteroatoms. The number of carbonyl (C=O) groups is 1. The third-order valence-electron chi connectivity index (χ3n) is 5.47. The van der Waals surface area contributed by atoms with Crippen LogP contribution in [0.2, 0.25) is 0 Å². The lowest BCUT2D eigenvalue weighted by molar-refractivity contribution is -0.676. The van der Waals surface area contributed by atoms with E-state index in [4.69, 9.17) is 0 Å². The van der Waals surface area contributed by atoms with Gasteiger partial charge < -0.3 is 16.0 Å². The van der Waals surface area contributed by atoms with E-state index in [1.54, 1.807) is 12.1 Å². The van der Waals surface area contributed by atoms with Crippen molar-refractivity contribution >= 4 is 21.6 Å². The number of hydrogen-bond donors (Lipinski definition) is 3. The smallest absolute Gasteiger partial charge is 0.319 e. The summed E-state index contributed by atoms with van der Waals surface area (Å²) in [5.41, 5.74) is 4.82. The van der Waals surface area contributed by atoms with Gasteiger partial charge >= 0.3 is 6.03 Å². The second-order valence-corrected chi connectivity index (χ2v) is 9.80. The standard InChI is InChI=1S/C24H25N3O3S/c1-17(19-5-3-2-4-6-19)26-24(28)27-22-9-11-23(12-10-22)31(29,30)16-18-7-8-20-14-25-15-21(20)13-18/h2-13,17,25H,14-16H2,1H3,(H2,26,27,28)/p+1. The molecule has 0 radical (unpaired) electrons. The van der Waals surface area contributed by atoms with E-state index < -0.39 is 9.84 Å². The third kappa shape index (κ3) is 5.13. The van der Waals surface area contributed by atoms with Crippen LogP contribution in [-0.4, -0.2) is 14.4 Å². The Labute approximate surface area is 182 Å². The van der Waals surface area contributed by atoms with Gasteiger partial charge in [-0.3, -0.25) is 0 Å². The Hall–Kier alpha value is -3.16. The van der Waals surface area contributed by atoms with Gasteiger partial charge in [0.25, 0.3) is 0 Å². The van der Waals surface area contributed by atoms with Crippen molar-refractivity contribution < 1.29 is 18.5 Å². The fourth-order valence-corrected chi connectivity index (χ4v) is 5.11. The molecule has 160 valence electrons. The Morgan fingerprint density at radius 3 is 2.42 bits per heavy atom. The van der Waals surface area contributed by atoms with Gasteiger partial charge in [0, 0.05) is 16.8 Å². The minimum Gasteiger partial charge on any atom is -0.339 e. The van der Waals surface area contributed by atoms with E-state index in [-0.39, 0.29) is 22.7 Å². The monoisotopic (exact) mass is 436 g/mol. The van der Waals surface area contributed by atoms with E-state index in [2.05, 4.69) is 16.0 Å². The lowest BCUT2D eigenvalue weighted by Crippen LogP contribution is -2.77. The second kappa shape index (κ2) is 8.91. The molecule has 3 aromatic carbocycles. The molecule has 1 unspecified atom stereocenters. The summed E-state index contributed by atoms with van der Waals surface area (Å²) >= 11 is 0. The highest BCUT2D eigenvalue weighted by molar-refractivity contribution is 7.90. The minimum atomic E-state index is -3.47. The lowest BCUT2D eigenvalue weighted by Gasteiger charge is -2.15. The predicted molar refractivity (Wildman–Crippen MR) is 120 cm³/mol. The predicted octanol–water partition coefficient (Wildman–Crippen LogP) is 3.12. The zero-order chi connectivity index (χ0) is 21.8. The average Bonchev–Trinajstić information content (AvgIpc) is 3.22. The number of benzene rings is 3. The van der Waals surface area contributed by atoms with Crippen molar-refractivity contribution in [1.82, 2.24) is 5.32 Å². The largest absolute Gasteiger partial charge is 0.339 e. The molecule has 0 saturated carbocycles. The van der Waals surface area contributed by atoms with Crippen molar-refractivity contribution in [1.29, 1.82) is 0 Å². The molecule has 1 aliphatic rings. The Morgan fingerprint density at radius 2 is 1.68 bits per heavy atom. The maximum Gasteiger partial charge on any atom is 0.319 e. The van der Waals surface area contributed by atoms with Crippen molar-refractivity contribution in [3.63, 3.8) is 0 Å². The number of nitrogens with two attached hydrogens (primary N) is 1. The summed E-state index contributed by atoms with van der Waals surface area (Å²) in [4.78, 5) is 12.5. The molecule has 3 aromatic rings. The van der Waals surface area contributed by atoms with Crippen LogP contribution in [0, 0.1) is 0 Å². The van der Waals surface area contributed by atoms with Crippen molar-refractivity contribution in [2.24, 2.45) is 0 Å². The summed E-state index contributed by atoms with van der Waals surface area (Å²) < 4.78 is 25.7. The number of quaternary nitrogens is 1. The molecular weight excluding hydrogens is 410 g/mol. The summed E-state index contributed by atoms with van der Waals surface area (Å²) in [6.07, 6.45) is 0. The van der Waals surface area contributed by atoms with Crippen LogP contribution in [-0.2, 0) is 28.7 Å². The highest BCUT2D eigenvalue weighted by Gasteiger charge is 2.19. The molecule has 0 aliphatic carbocycles. The number of sulfone groups is 1. The van der Waals surface area contributed by atoms with Crippen LogP contribution < -0.4 is 16.0 Å². The van der Waals surface area contributed by atoms with E-state index in [9.17, 15) is 13.2 Å². The van der Waals surface area contributed by atoms with Crippen molar-refractivity contribution in [2.45, 2.75) is 36.7 Å². The second-order valence-electron chi connectivity index (χ2n) is 7.81. The van der Waals surface area contributed by atoms with Crippen molar-refractivity contribution in [2.75, 3.05) is 5.32 Å². The summed E-state index contributed by atoms with van der Waals surface area (Å²) in [6.45, 7) is 3.75. The van der Waals surface area contributed by atoms with E-state index >= 15 is 0 Å². The fraction of sp³-hybridized carbons (Fsp3) is 0.208. The van der Waals surface area contributed by atoms with Crippen LogP contribution in [0.15, 0.2) is 77.7 Å². The van der Waals surface area contributed by atoms with Gasteiger partial charge in [-0.2, -0.15) is 0 Å². The van der Waals surface area contributed by atoms with Crippen LogP contribution in [0.4, 0.5) is 10.5 Å². The number of nitrogens with one attached hydrogen (secondary N) is 2. The molecule has 0 bridgehead atoms. The molecule has 1 atom stereocenters. The molecule has 4 rings (SSSR count). The first kappa shape index (κ1) is 21.1. The molecule has 2 amide bonds. The van der Waals surface area contributed by atoms with Gasteiger partial charge in [-0.1, -0.05) is 42.5 Å². The van der Waals surface area contributed by atoms with Crippen LogP contribution in [0.5, 0.6) is 0 Å². The topological polar surface area (TPSA) is 91.9 Å². The highest BCUT2D eigenvalue weighted by Crippen LogP contribution is 2.21. The molecule has 1 heterocycles. The molecule has 31 heavy (non-hydrogen) atoms. The zero-order valence-corrected chi connectivity index (χ0v) is 18.2. The van der Waals surface area contributed by atoms with Crippen LogP contribution in [0.25, 0.3) is 0 Å². The molecule has 0 aromatic heterocycles. The average molecular weight is 437 g/mol. The maximum atomic E-state index is 12.8. The van der Waals surface area contributed by atoms with E-state index in [1.165, 1.54) is 23.3 Å². The van der Waals surface area contributed by atoms with Gasteiger partial charge in [0.2, 0.25) is 0 Å². The normalized spacial score (nSPS) is 14.0. The van der Waals surface area contributed by atoms with Crippen LogP contribution in [0.3, 0.4) is 0 Å². The third-order valence-corrected chi connectivity index (χ3v) is 7.18. The molecule has 0 saturated heterocycles. The number of anilines is 1. The van der Waals surface area contributed by atoms with Gasteiger partial charge in [0.05, 0.1) is 16.7 Å². The first-order valence-corrected chi connectivity index (χ1v) is 11.9. The number of fused-ring (bicyclic) bond motifs is 1. The summed E-state index contributed by atoms with van der Waals surface area (Å²) in [5, 5.41) is 7.82. The molecule has 1 aliphatic heterocycles. The summed E-state index contributed by atoms with van der Waals surface area (Å²) in [6, 6.07) is 21.4. The number of urea groups is 1. The van der Waals surface area contributed by atoms with Gasteiger partial charge in [-0.05, 0) is 48.4 Å². The first-order chi connectivity index (χ1) is 14.9. The van der Waals surface area contributed by atoms with E-state index in [1.807, 2.05) is 55.5 Å². The molecule has 6 nitrogen and oxygen atoms in total. The number of hydrogen-bond acceptors (Lipinski definition) is 3. The van der Waals surface area contributed by atoms with Gasteiger partial charge in [-0.15, -0.1) is 0 Å². The molecular formula is C24H26N3O3S+. The lowest BCUT2D eigenvalue weighted by atomic mass is 10.1. The Kier molecular flexibility index (Phi) is 6.06. The molecule has 4 N–H and O–H groups in total. The summed E-state index contributed by atoms with van der Waals surface area (Å²) in [7, 11) is -3.47. The van der Waals surface area contributed by atoms with Crippen LogP contribution in [0.1, 0.15) is 35.2 Å². The number of rotatable bonds is 6. The summed E-state index contributed by atoms with van der Waals surface area (Å²) in [5.74, 6) is -0.0396. The Bertz CT molecular complexity index is 1180. The number of carbonyl (C=O) groups excluding carboxylic acids is 1. The first-order valence-electron chi connectivity index (χ1n) is 10.3. The van der Waals surface area contributed by atoms with Gasteiger partial charge in [0.15, 0.2) is 9.84 Å². The van der Waals surface area contributed by atoms with E-state index in [0.717, 1.165) is 24.2 Å². The van der Waals surface area contributed by atoms with E-state index in [0.29, 0.717) is 5.69 Å². The molecule has 0 fully saturated rings. The fourth-order valence-electron chi connectivity index (χ4n) is 3.78.